The second-order valence-electron chi connectivity index (χ2n) is 7.26. The highest BCUT2D eigenvalue weighted by atomic mass is 16.5. The van der Waals surface area contributed by atoms with E-state index in [0.29, 0.717) is 18.2 Å². The summed E-state index contributed by atoms with van der Waals surface area (Å²) >= 11 is 0. The lowest BCUT2D eigenvalue weighted by Gasteiger charge is -2.53. The summed E-state index contributed by atoms with van der Waals surface area (Å²) in [5, 5.41) is 0. The number of hydrogen-bond acceptors (Lipinski definition) is 3. The van der Waals surface area contributed by atoms with Crippen LogP contribution in [0, 0.1) is 5.92 Å². The lowest BCUT2D eigenvalue weighted by molar-refractivity contribution is -0.189. The standard InChI is InChI=1S/C17H30N2O2/c1-2-3-6-16(20)19-13-17(14-19)8-7-15(12-21-17)11-18-9-4-5-10-18/h15H,2-14H2,1H3/t15-/m0/s1. The Hall–Kier alpha value is -0.610. The number of unbranched alkanes of at least 4 members (excludes halogenated alkanes) is 1. The van der Waals surface area contributed by atoms with E-state index < -0.39 is 0 Å². The Balaban J connectivity index is 1.37. The summed E-state index contributed by atoms with van der Waals surface area (Å²) in [7, 11) is 0. The van der Waals surface area contributed by atoms with Crippen molar-refractivity contribution in [3.8, 4) is 0 Å². The molecular formula is C17H30N2O2. The van der Waals surface area contributed by atoms with Crippen molar-refractivity contribution in [1.82, 2.24) is 9.80 Å². The third-order valence-corrected chi connectivity index (χ3v) is 5.40. The molecule has 120 valence electrons. The molecule has 0 saturated carbocycles. The highest BCUT2D eigenvalue weighted by molar-refractivity contribution is 5.77. The predicted octanol–water partition coefficient (Wildman–Crippen LogP) is 2.28. The maximum Gasteiger partial charge on any atom is 0.222 e. The van der Waals surface area contributed by atoms with Crippen molar-refractivity contribution in [2.45, 2.75) is 57.5 Å². The Morgan fingerprint density at radius 3 is 2.67 bits per heavy atom. The van der Waals surface area contributed by atoms with Gasteiger partial charge in [-0.1, -0.05) is 13.3 Å². The van der Waals surface area contributed by atoms with Crippen LogP contribution in [0.15, 0.2) is 0 Å². The molecule has 0 aromatic heterocycles. The molecule has 0 aromatic carbocycles. The van der Waals surface area contributed by atoms with Gasteiger partial charge in [0.1, 0.15) is 5.60 Å². The first-order chi connectivity index (χ1) is 10.2. The summed E-state index contributed by atoms with van der Waals surface area (Å²) in [6, 6.07) is 0. The Morgan fingerprint density at radius 2 is 2.05 bits per heavy atom. The molecule has 0 radical (unpaired) electrons. The molecule has 3 aliphatic heterocycles. The largest absolute Gasteiger partial charge is 0.371 e. The molecule has 3 fully saturated rings. The zero-order valence-electron chi connectivity index (χ0n) is 13.5. The van der Waals surface area contributed by atoms with Gasteiger partial charge in [-0.15, -0.1) is 0 Å². The van der Waals surface area contributed by atoms with Crippen molar-refractivity contribution in [1.29, 1.82) is 0 Å². The molecule has 0 aliphatic carbocycles. The van der Waals surface area contributed by atoms with Crippen LogP contribution in [-0.4, -0.2) is 60.6 Å². The number of carbonyl (C=O) groups excluding carboxylic acids is 1. The molecule has 0 bridgehead atoms. The van der Waals surface area contributed by atoms with Gasteiger partial charge in [-0.05, 0) is 51.1 Å². The van der Waals surface area contributed by atoms with Gasteiger partial charge in [0.15, 0.2) is 0 Å². The topological polar surface area (TPSA) is 32.8 Å². The number of likely N-dealkylation sites (tertiary alicyclic amines) is 2. The molecule has 1 amide bonds. The van der Waals surface area contributed by atoms with E-state index >= 15 is 0 Å². The lowest BCUT2D eigenvalue weighted by Crippen LogP contribution is -2.66. The van der Waals surface area contributed by atoms with Gasteiger partial charge in [0.2, 0.25) is 5.91 Å². The summed E-state index contributed by atoms with van der Waals surface area (Å²) in [5.74, 6) is 1.03. The Labute approximate surface area is 128 Å². The van der Waals surface area contributed by atoms with Crippen LogP contribution >= 0.6 is 0 Å². The van der Waals surface area contributed by atoms with Gasteiger partial charge < -0.3 is 14.5 Å². The Morgan fingerprint density at radius 1 is 1.29 bits per heavy atom. The number of hydrogen-bond donors (Lipinski definition) is 0. The van der Waals surface area contributed by atoms with Crippen molar-refractivity contribution in [2.75, 3.05) is 39.3 Å². The molecule has 0 unspecified atom stereocenters. The molecule has 3 saturated heterocycles. The number of ether oxygens (including phenoxy) is 1. The molecule has 1 spiro atoms. The van der Waals surface area contributed by atoms with Gasteiger partial charge in [0, 0.05) is 13.0 Å². The Bertz CT molecular complexity index is 350. The van der Waals surface area contributed by atoms with E-state index in [-0.39, 0.29) is 5.60 Å². The highest BCUT2D eigenvalue weighted by Crippen LogP contribution is 2.36. The molecule has 3 heterocycles. The third-order valence-electron chi connectivity index (χ3n) is 5.40. The van der Waals surface area contributed by atoms with E-state index in [1.165, 1.54) is 38.9 Å². The quantitative estimate of drug-likeness (QED) is 0.780. The monoisotopic (exact) mass is 294 g/mol. The summed E-state index contributed by atoms with van der Waals surface area (Å²) in [4.78, 5) is 16.6. The van der Waals surface area contributed by atoms with Crippen LogP contribution < -0.4 is 0 Å². The van der Waals surface area contributed by atoms with E-state index in [1.807, 2.05) is 4.90 Å². The first-order valence-electron chi connectivity index (χ1n) is 8.85. The fourth-order valence-corrected chi connectivity index (χ4v) is 3.95. The van der Waals surface area contributed by atoms with Crippen LogP contribution in [0.1, 0.15) is 51.9 Å². The lowest BCUT2D eigenvalue weighted by atomic mass is 9.82. The van der Waals surface area contributed by atoms with Crippen molar-refractivity contribution < 1.29 is 9.53 Å². The zero-order chi connectivity index (χ0) is 14.7. The number of rotatable bonds is 5. The fraction of sp³-hybridized carbons (Fsp3) is 0.941. The van der Waals surface area contributed by atoms with Crippen LogP contribution in [0.3, 0.4) is 0 Å². The molecule has 4 heteroatoms. The van der Waals surface area contributed by atoms with Gasteiger partial charge in [-0.25, -0.2) is 0 Å². The maximum absolute atomic E-state index is 12.0. The average Bonchev–Trinajstić information content (AvgIpc) is 2.96. The van der Waals surface area contributed by atoms with Gasteiger partial charge in [0.05, 0.1) is 19.7 Å². The van der Waals surface area contributed by atoms with Gasteiger partial charge in [0.25, 0.3) is 0 Å². The van der Waals surface area contributed by atoms with Gasteiger partial charge >= 0.3 is 0 Å². The van der Waals surface area contributed by atoms with E-state index in [2.05, 4.69) is 11.8 Å². The molecule has 0 N–H and O–H groups in total. The van der Waals surface area contributed by atoms with Gasteiger partial charge in [-0.2, -0.15) is 0 Å². The minimum absolute atomic E-state index is 0.0172. The van der Waals surface area contributed by atoms with E-state index in [1.54, 1.807) is 0 Å². The highest BCUT2D eigenvalue weighted by Gasteiger charge is 2.48. The first-order valence-corrected chi connectivity index (χ1v) is 8.85. The SMILES string of the molecule is CCCCC(=O)N1CC2(CC[C@@H](CN3CCCC3)CO2)C1. The normalized spacial score (nSPS) is 28.8. The third kappa shape index (κ3) is 3.59. The van der Waals surface area contributed by atoms with E-state index in [9.17, 15) is 4.79 Å². The van der Waals surface area contributed by atoms with E-state index in [4.69, 9.17) is 4.74 Å². The molecule has 3 aliphatic rings. The van der Waals surface area contributed by atoms with E-state index in [0.717, 1.165) is 39.0 Å². The Kier molecular flexibility index (Phi) is 4.85. The molecule has 3 rings (SSSR count). The minimum atomic E-state index is 0.0172. The molecule has 4 nitrogen and oxygen atoms in total. The maximum atomic E-state index is 12.0. The molecular weight excluding hydrogens is 264 g/mol. The number of carbonyl (C=O) groups is 1. The van der Waals surface area contributed by atoms with Crippen molar-refractivity contribution in [3.05, 3.63) is 0 Å². The van der Waals surface area contributed by atoms with Crippen molar-refractivity contribution >= 4 is 5.91 Å². The summed E-state index contributed by atoms with van der Waals surface area (Å²) in [6.07, 6.45) is 7.97. The summed E-state index contributed by atoms with van der Waals surface area (Å²) in [6.45, 7) is 8.49. The van der Waals surface area contributed by atoms with Gasteiger partial charge in [-0.3, -0.25) is 4.79 Å². The minimum Gasteiger partial charge on any atom is -0.371 e. The fourth-order valence-electron chi connectivity index (χ4n) is 3.95. The van der Waals surface area contributed by atoms with Crippen LogP contribution in [0.25, 0.3) is 0 Å². The van der Waals surface area contributed by atoms with Crippen LogP contribution in [0.5, 0.6) is 0 Å². The predicted molar refractivity (Wildman–Crippen MR) is 83.2 cm³/mol. The molecule has 21 heavy (non-hydrogen) atoms. The van der Waals surface area contributed by atoms with Crippen LogP contribution in [0.2, 0.25) is 0 Å². The smallest absolute Gasteiger partial charge is 0.222 e. The average molecular weight is 294 g/mol. The molecule has 1 atom stereocenters. The van der Waals surface area contributed by atoms with Crippen LogP contribution in [-0.2, 0) is 9.53 Å². The second-order valence-corrected chi connectivity index (χ2v) is 7.26. The number of nitrogens with zero attached hydrogens (tertiary/aromatic N) is 2. The first kappa shape index (κ1) is 15.3. The zero-order valence-corrected chi connectivity index (χ0v) is 13.5. The van der Waals surface area contributed by atoms with Crippen molar-refractivity contribution in [2.24, 2.45) is 5.92 Å². The van der Waals surface area contributed by atoms with Crippen LogP contribution in [0.4, 0.5) is 0 Å². The number of amides is 1. The molecule has 0 aromatic rings. The second kappa shape index (κ2) is 6.66. The summed E-state index contributed by atoms with van der Waals surface area (Å²) in [5.41, 5.74) is 0.0172. The summed E-state index contributed by atoms with van der Waals surface area (Å²) < 4.78 is 6.19. The van der Waals surface area contributed by atoms with Crippen molar-refractivity contribution in [3.63, 3.8) is 0 Å².